The molecule has 3 N–H and O–H groups in total. The molecule has 0 heterocycles. The highest BCUT2D eigenvalue weighted by atomic mass is 19.4. The molecule has 0 amide bonds. The van der Waals surface area contributed by atoms with Crippen molar-refractivity contribution in [2.75, 3.05) is 0 Å². The van der Waals surface area contributed by atoms with E-state index in [2.05, 4.69) is 0 Å². The molecule has 0 saturated carbocycles. The highest BCUT2D eigenvalue weighted by Gasteiger charge is 2.26. The van der Waals surface area contributed by atoms with Gasteiger partial charge >= 0.3 is 12.1 Å². The van der Waals surface area contributed by atoms with Crippen LogP contribution >= 0.6 is 0 Å². The lowest BCUT2D eigenvalue weighted by Gasteiger charge is -2.07. The summed E-state index contributed by atoms with van der Waals surface area (Å²) in [6, 6.07) is -1.05. The zero-order valence-electron chi connectivity index (χ0n) is 6.97. The minimum atomic E-state index is -4.16. The molecular formula is C7H12F3NO2. The third-order valence-corrected chi connectivity index (χ3v) is 1.54. The summed E-state index contributed by atoms with van der Waals surface area (Å²) < 4.78 is 34.8. The zero-order valence-corrected chi connectivity index (χ0v) is 6.97. The van der Waals surface area contributed by atoms with Crippen LogP contribution in [0, 0.1) is 0 Å². The standard InChI is InChI=1S/C7H12F3NO2/c8-7(9,10)4-2-1-3-5(11)6(12)13/h5H,1-4,11H2,(H,12,13)/t5-/m1/s1. The van der Waals surface area contributed by atoms with Crippen molar-refractivity contribution >= 4 is 5.97 Å². The van der Waals surface area contributed by atoms with Crippen LogP contribution in [0.3, 0.4) is 0 Å². The number of hydrogen-bond donors (Lipinski definition) is 2. The molecule has 0 bridgehead atoms. The van der Waals surface area contributed by atoms with Gasteiger partial charge in [-0.3, -0.25) is 4.79 Å². The summed E-state index contributed by atoms with van der Waals surface area (Å²) in [6.07, 6.45) is -4.82. The first-order chi connectivity index (χ1) is 5.83. The van der Waals surface area contributed by atoms with Crippen molar-refractivity contribution < 1.29 is 23.1 Å². The fourth-order valence-corrected chi connectivity index (χ4v) is 0.813. The van der Waals surface area contributed by atoms with E-state index in [1.54, 1.807) is 0 Å². The van der Waals surface area contributed by atoms with Gasteiger partial charge in [-0.1, -0.05) is 6.42 Å². The first-order valence-corrected chi connectivity index (χ1v) is 3.88. The summed E-state index contributed by atoms with van der Waals surface area (Å²) in [5.74, 6) is -1.17. The van der Waals surface area contributed by atoms with E-state index in [0.717, 1.165) is 0 Å². The summed E-state index contributed by atoms with van der Waals surface area (Å²) in [6.45, 7) is 0. The van der Waals surface area contributed by atoms with Gasteiger partial charge in [0.1, 0.15) is 6.04 Å². The molecule has 13 heavy (non-hydrogen) atoms. The van der Waals surface area contributed by atoms with E-state index < -0.39 is 24.6 Å². The fraction of sp³-hybridized carbons (Fsp3) is 0.857. The van der Waals surface area contributed by atoms with Crippen LogP contribution in [0.1, 0.15) is 25.7 Å². The molecule has 0 spiro atoms. The molecule has 0 aromatic carbocycles. The summed E-state index contributed by atoms with van der Waals surface area (Å²) in [7, 11) is 0. The van der Waals surface area contributed by atoms with Crippen molar-refractivity contribution in [2.24, 2.45) is 5.73 Å². The van der Waals surface area contributed by atoms with Crippen molar-refractivity contribution in [2.45, 2.75) is 37.9 Å². The van der Waals surface area contributed by atoms with Crippen LogP contribution in [-0.2, 0) is 4.79 Å². The molecule has 0 unspecified atom stereocenters. The van der Waals surface area contributed by atoms with Crippen molar-refractivity contribution in [1.82, 2.24) is 0 Å². The lowest BCUT2D eigenvalue weighted by molar-refractivity contribution is -0.138. The Morgan fingerprint density at radius 2 is 1.92 bits per heavy atom. The number of rotatable bonds is 5. The molecule has 0 rings (SSSR count). The monoisotopic (exact) mass is 199 g/mol. The van der Waals surface area contributed by atoms with Crippen LogP contribution in [0.4, 0.5) is 13.2 Å². The van der Waals surface area contributed by atoms with Crippen LogP contribution in [0.2, 0.25) is 0 Å². The van der Waals surface area contributed by atoms with E-state index in [9.17, 15) is 18.0 Å². The second-order valence-electron chi connectivity index (χ2n) is 2.81. The number of carboxylic acid groups (broad SMARTS) is 1. The normalized spacial score (nSPS) is 14.2. The molecule has 0 fully saturated rings. The molecule has 1 atom stereocenters. The summed E-state index contributed by atoms with van der Waals surface area (Å²) in [4.78, 5) is 10.1. The van der Waals surface area contributed by atoms with Gasteiger partial charge in [0.15, 0.2) is 0 Å². The molecule has 6 heteroatoms. The Balaban J connectivity index is 3.41. The Labute approximate surface area is 73.7 Å². The average molecular weight is 199 g/mol. The van der Waals surface area contributed by atoms with Crippen LogP contribution in [0.5, 0.6) is 0 Å². The number of carboxylic acids is 1. The van der Waals surface area contributed by atoms with Crippen LogP contribution < -0.4 is 5.73 Å². The summed E-state index contributed by atoms with van der Waals surface area (Å²) in [5, 5.41) is 8.29. The molecule has 0 radical (unpaired) electrons. The number of aliphatic carboxylic acids is 1. The molecule has 0 aromatic rings. The SMILES string of the molecule is N[C@H](CCCCC(F)(F)F)C(=O)O. The molecule has 0 saturated heterocycles. The maximum Gasteiger partial charge on any atom is 0.389 e. The van der Waals surface area contributed by atoms with Crippen LogP contribution in [-0.4, -0.2) is 23.3 Å². The first-order valence-electron chi connectivity index (χ1n) is 3.88. The Bertz CT molecular complexity index is 170. The first kappa shape index (κ1) is 12.2. The lowest BCUT2D eigenvalue weighted by Crippen LogP contribution is -2.29. The van der Waals surface area contributed by atoms with Crippen LogP contribution in [0.15, 0.2) is 0 Å². The predicted molar refractivity (Wildman–Crippen MR) is 40.1 cm³/mol. The molecule has 0 aliphatic carbocycles. The largest absolute Gasteiger partial charge is 0.480 e. The van der Waals surface area contributed by atoms with Crippen molar-refractivity contribution in [3.8, 4) is 0 Å². The maximum absolute atomic E-state index is 11.6. The number of hydrogen-bond acceptors (Lipinski definition) is 2. The molecular weight excluding hydrogens is 187 g/mol. The van der Waals surface area contributed by atoms with E-state index in [1.807, 2.05) is 0 Å². The van der Waals surface area contributed by atoms with Gasteiger partial charge in [-0.05, 0) is 12.8 Å². The Kier molecular flexibility index (Phi) is 4.76. The lowest BCUT2D eigenvalue weighted by atomic mass is 10.1. The topological polar surface area (TPSA) is 63.3 Å². The van der Waals surface area contributed by atoms with Crippen molar-refractivity contribution in [1.29, 1.82) is 0 Å². The Hall–Kier alpha value is -0.780. The van der Waals surface area contributed by atoms with Gasteiger partial charge < -0.3 is 10.8 Å². The van der Waals surface area contributed by atoms with Gasteiger partial charge in [-0.2, -0.15) is 13.2 Å². The summed E-state index contributed by atoms with van der Waals surface area (Å²) >= 11 is 0. The predicted octanol–water partition coefficient (Wildman–Crippen LogP) is 1.52. The van der Waals surface area contributed by atoms with E-state index in [1.165, 1.54) is 0 Å². The number of nitrogens with two attached hydrogens (primary N) is 1. The van der Waals surface area contributed by atoms with Crippen molar-refractivity contribution in [3.63, 3.8) is 0 Å². The smallest absolute Gasteiger partial charge is 0.389 e. The third-order valence-electron chi connectivity index (χ3n) is 1.54. The number of unbranched alkanes of at least 4 members (excludes halogenated alkanes) is 1. The fourth-order valence-electron chi connectivity index (χ4n) is 0.813. The zero-order chi connectivity index (χ0) is 10.5. The minimum Gasteiger partial charge on any atom is -0.480 e. The van der Waals surface area contributed by atoms with Gasteiger partial charge in [0, 0.05) is 6.42 Å². The van der Waals surface area contributed by atoms with Gasteiger partial charge in [0.25, 0.3) is 0 Å². The third kappa shape index (κ3) is 7.58. The Morgan fingerprint density at radius 3 is 2.31 bits per heavy atom. The highest BCUT2D eigenvalue weighted by molar-refractivity contribution is 5.72. The van der Waals surface area contributed by atoms with Crippen LogP contribution in [0.25, 0.3) is 0 Å². The van der Waals surface area contributed by atoms with E-state index in [-0.39, 0.29) is 19.3 Å². The quantitative estimate of drug-likeness (QED) is 0.660. The maximum atomic E-state index is 11.6. The second-order valence-corrected chi connectivity index (χ2v) is 2.81. The minimum absolute atomic E-state index is 0.0650. The van der Waals surface area contributed by atoms with Gasteiger partial charge in [0.2, 0.25) is 0 Å². The van der Waals surface area contributed by atoms with Gasteiger partial charge in [0.05, 0.1) is 0 Å². The molecule has 3 nitrogen and oxygen atoms in total. The molecule has 0 aromatic heterocycles. The molecule has 78 valence electrons. The van der Waals surface area contributed by atoms with Crippen molar-refractivity contribution in [3.05, 3.63) is 0 Å². The number of halogens is 3. The highest BCUT2D eigenvalue weighted by Crippen LogP contribution is 2.22. The average Bonchev–Trinajstić information content (AvgIpc) is 1.95. The van der Waals surface area contributed by atoms with E-state index in [4.69, 9.17) is 10.8 Å². The molecule has 0 aliphatic heterocycles. The van der Waals surface area contributed by atoms with E-state index >= 15 is 0 Å². The summed E-state index contributed by atoms with van der Waals surface area (Å²) in [5.41, 5.74) is 5.09. The number of carbonyl (C=O) groups is 1. The Morgan fingerprint density at radius 1 is 1.38 bits per heavy atom. The number of alkyl halides is 3. The van der Waals surface area contributed by atoms with Gasteiger partial charge in [-0.25, -0.2) is 0 Å². The second kappa shape index (κ2) is 5.06. The van der Waals surface area contributed by atoms with E-state index in [0.29, 0.717) is 0 Å². The van der Waals surface area contributed by atoms with Gasteiger partial charge in [-0.15, -0.1) is 0 Å². The molecule has 0 aliphatic rings.